The first-order valence-electron chi connectivity index (χ1n) is 6.99. The Bertz CT molecular complexity index is 513. The smallest absolute Gasteiger partial charge is 0.124 e. The van der Waals surface area contributed by atoms with Crippen molar-refractivity contribution in [1.29, 1.82) is 0 Å². The summed E-state index contributed by atoms with van der Waals surface area (Å²) in [5, 5.41) is 2.10. The molecule has 1 aromatic heterocycles. The van der Waals surface area contributed by atoms with Gasteiger partial charge in [-0.15, -0.1) is 11.3 Å². The fraction of sp³-hybridized carbons (Fsp3) is 0.438. The molecular weight excluding hydrogens is 268 g/mol. The van der Waals surface area contributed by atoms with Gasteiger partial charge < -0.3 is 4.74 Å². The largest absolute Gasteiger partial charge is 0.490 e. The SMILES string of the molecule is CCC(C)Oc1ccccc1CN(C)Cc1cscn1. The molecule has 0 aliphatic heterocycles. The first-order chi connectivity index (χ1) is 9.69. The molecule has 0 spiro atoms. The number of benzene rings is 1. The zero-order chi connectivity index (χ0) is 14.4. The Labute approximate surface area is 125 Å². The number of hydrogen-bond donors (Lipinski definition) is 0. The molecule has 2 aromatic rings. The lowest BCUT2D eigenvalue weighted by molar-refractivity contribution is 0.210. The Kier molecular flexibility index (Phi) is 5.56. The second-order valence-electron chi connectivity index (χ2n) is 5.10. The second kappa shape index (κ2) is 7.41. The van der Waals surface area contributed by atoms with Crippen LogP contribution in [0.2, 0.25) is 0 Å². The number of aromatic nitrogens is 1. The Morgan fingerprint density at radius 2 is 2.10 bits per heavy atom. The maximum atomic E-state index is 5.99. The van der Waals surface area contributed by atoms with E-state index in [4.69, 9.17) is 4.74 Å². The third kappa shape index (κ3) is 4.32. The predicted octanol–water partition coefficient (Wildman–Crippen LogP) is 3.95. The lowest BCUT2D eigenvalue weighted by atomic mass is 10.2. The molecule has 1 unspecified atom stereocenters. The summed E-state index contributed by atoms with van der Waals surface area (Å²) in [5.74, 6) is 0.993. The highest BCUT2D eigenvalue weighted by Crippen LogP contribution is 2.22. The molecule has 0 saturated carbocycles. The Balaban J connectivity index is 2.01. The lowest BCUT2D eigenvalue weighted by Crippen LogP contribution is -2.19. The van der Waals surface area contributed by atoms with E-state index in [1.807, 2.05) is 11.6 Å². The molecule has 20 heavy (non-hydrogen) atoms. The Hall–Kier alpha value is -1.39. The number of hydrogen-bond acceptors (Lipinski definition) is 4. The first kappa shape index (κ1) is 15.0. The minimum atomic E-state index is 0.250. The van der Waals surface area contributed by atoms with Gasteiger partial charge in [-0.25, -0.2) is 4.98 Å². The summed E-state index contributed by atoms with van der Waals surface area (Å²) in [5.41, 5.74) is 4.23. The fourth-order valence-corrected chi connectivity index (χ4v) is 2.54. The minimum absolute atomic E-state index is 0.250. The number of rotatable bonds is 7. The molecule has 1 heterocycles. The van der Waals surface area contributed by atoms with Crippen molar-refractivity contribution in [3.05, 3.63) is 46.4 Å². The third-order valence-corrected chi connectivity index (χ3v) is 3.87. The van der Waals surface area contributed by atoms with Crippen molar-refractivity contribution < 1.29 is 4.74 Å². The number of nitrogens with zero attached hydrogens (tertiary/aromatic N) is 2. The van der Waals surface area contributed by atoms with E-state index in [-0.39, 0.29) is 6.10 Å². The average molecular weight is 290 g/mol. The van der Waals surface area contributed by atoms with Gasteiger partial charge in [0.05, 0.1) is 17.3 Å². The maximum absolute atomic E-state index is 5.99. The van der Waals surface area contributed by atoms with Gasteiger partial charge in [-0.3, -0.25) is 4.90 Å². The monoisotopic (exact) mass is 290 g/mol. The van der Waals surface area contributed by atoms with Gasteiger partial charge in [0, 0.05) is 24.0 Å². The summed E-state index contributed by atoms with van der Waals surface area (Å²) in [4.78, 5) is 6.59. The highest BCUT2D eigenvalue weighted by Gasteiger charge is 2.09. The van der Waals surface area contributed by atoms with E-state index < -0.39 is 0 Å². The summed E-state index contributed by atoms with van der Waals surface area (Å²) in [6, 6.07) is 8.28. The van der Waals surface area contributed by atoms with E-state index in [2.05, 4.69) is 54.4 Å². The Morgan fingerprint density at radius 3 is 2.80 bits per heavy atom. The van der Waals surface area contributed by atoms with Gasteiger partial charge in [-0.05, 0) is 26.5 Å². The maximum Gasteiger partial charge on any atom is 0.124 e. The third-order valence-electron chi connectivity index (χ3n) is 3.23. The van der Waals surface area contributed by atoms with Crippen molar-refractivity contribution in [2.24, 2.45) is 0 Å². The predicted molar refractivity (Wildman–Crippen MR) is 84.1 cm³/mol. The summed E-state index contributed by atoms with van der Waals surface area (Å²) in [6.45, 7) is 5.97. The van der Waals surface area contributed by atoms with Crippen molar-refractivity contribution in [1.82, 2.24) is 9.88 Å². The molecule has 1 atom stereocenters. The van der Waals surface area contributed by atoms with E-state index in [0.717, 1.165) is 31.0 Å². The fourth-order valence-electron chi connectivity index (χ4n) is 1.99. The van der Waals surface area contributed by atoms with Crippen LogP contribution in [0.25, 0.3) is 0 Å². The molecule has 0 amide bonds. The lowest BCUT2D eigenvalue weighted by Gasteiger charge is -2.20. The molecule has 1 aromatic carbocycles. The zero-order valence-corrected chi connectivity index (χ0v) is 13.2. The Morgan fingerprint density at radius 1 is 1.30 bits per heavy atom. The summed E-state index contributed by atoms with van der Waals surface area (Å²) in [6.07, 6.45) is 1.27. The molecule has 0 radical (unpaired) electrons. The molecule has 0 N–H and O–H groups in total. The molecule has 3 nitrogen and oxygen atoms in total. The van der Waals surface area contributed by atoms with Crippen LogP contribution in [0.1, 0.15) is 31.5 Å². The van der Waals surface area contributed by atoms with Gasteiger partial charge >= 0.3 is 0 Å². The van der Waals surface area contributed by atoms with Crippen molar-refractivity contribution in [2.45, 2.75) is 39.5 Å². The van der Waals surface area contributed by atoms with Crippen molar-refractivity contribution in [3.63, 3.8) is 0 Å². The first-order valence-corrected chi connectivity index (χ1v) is 7.93. The molecule has 0 fully saturated rings. The molecule has 4 heteroatoms. The normalized spacial score (nSPS) is 12.6. The van der Waals surface area contributed by atoms with Gasteiger partial charge in [0.1, 0.15) is 5.75 Å². The van der Waals surface area contributed by atoms with E-state index in [0.29, 0.717) is 0 Å². The molecule has 108 valence electrons. The topological polar surface area (TPSA) is 25.4 Å². The van der Waals surface area contributed by atoms with E-state index in [9.17, 15) is 0 Å². The molecular formula is C16H22N2OS. The summed E-state index contributed by atoms with van der Waals surface area (Å²) in [7, 11) is 2.11. The van der Waals surface area contributed by atoms with Crippen LogP contribution in [-0.4, -0.2) is 23.0 Å². The summed E-state index contributed by atoms with van der Waals surface area (Å²) < 4.78 is 5.99. The van der Waals surface area contributed by atoms with Crippen LogP contribution in [0.3, 0.4) is 0 Å². The quantitative estimate of drug-likeness (QED) is 0.772. The van der Waals surface area contributed by atoms with Crippen molar-refractivity contribution in [3.8, 4) is 5.75 Å². The van der Waals surface area contributed by atoms with Crippen LogP contribution < -0.4 is 4.74 Å². The van der Waals surface area contributed by atoms with Crippen LogP contribution >= 0.6 is 11.3 Å². The molecule has 2 rings (SSSR count). The van der Waals surface area contributed by atoms with Gasteiger partial charge in [0.25, 0.3) is 0 Å². The van der Waals surface area contributed by atoms with Gasteiger partial charge in [0.15, 0.2) is 0 Å². The number of thiazole rings is 1. The second-order valence-corrected chi connectivity index (χ2v) is 5.82. The van der Waals surface area contributed by atoms with Crippen LogP contribution in [0.4, 0.5) is 0 Å². The number of para-hydroxylation sites is 1. The van der Waals surface area contributed by atoms with Crippen LogP contribution in [0, 0.1) is 0 Å². The highest BCUT2D eigenvalue weighted by molar-refractivity contribution is 7.07. The molecule has 0 bridgehead atoms. The summed E-state index contributed by atoms with van der Waals surface area (Å²) >= 11 is 1.64. The highest BCUT2D eigenvalue weighted by atomic mass is 32.1. The van der Waals surface area contributed by atoms with E-state index in [1.54, 1.807) is 11.3 Å². The van der Waals surface area contributed by atoms with Crippen LogP contribution in [0.15, 0.2) is 35.2 Å². The van der Waals surface area contributed by atoms with Crippen LogP contribution in [-0.2, 0) is 13.1 Å². The van der Waals surface area contributed by atoms with Gasteiger partial charge in [-0.1, -0.05) is 25.1 Å². The van der Waals surface area contributed by atoms with Gasteiger partial charge in [-0.2, -0.15) is 0 Å². The standard InChI is InChI=1S/C16H22N2OS/c1-4-13(2)19-16-8-6-5-7-14(16)9-18(3)10-15-11-20-12-17-15/h5-8,11-13H,4,9-10H2,1-3H3. The average Bonchev–Trinajstić information content (AvgIpc) is 2.93. The van der Waals surface area contributed by atoms with Crippen molar-refractivity contribution in [2.75, 3.05) is 7.05 Å². The molecule has 0 saturated heterocycles. The van der Waals surface area contributed by atoms with Gasteiger partial charge in [0.2, 0.25) is 0 Å². The minimum Gasteiger partial charge on any atom is -0.490 e. The van der Waals surface area contributed by atoms with E-state index >= 15 is 0 Å². The number of ether oxygens (including phenoxy) is 1. The van der Waals surface area contributed by atoms with Crippen LogP contribution in [0.5, 0.6) is 5.75 Å². The zero-order valence-electron chi connectivity index (χ0n) is 12.4. The molecule has 0 aliphatic rings. The molecule has 0 aliphatic carbocycles. The van der Waals surface area contributed by atoms with Crippen molar-refractivity contribution >= 4 is 11.3 Å². The van der Waals surface area contributed by atoms with E-state index in [1.165, 1.54) is 5.56 Å².